The second-order valence-electron chi connectivity index (χ2n) is 2.74. The maximum absolute atomic E-state index is 11.4. The van der Waals surface area contributed by atoms with Gasteiger partial charge in [0.25, 0.3) is 11.6 Å². The quantitative estimate of drug-likeness (QED) is 0.473. The molecule has 0 aliphatic heterocycles. The van der Waals surface area contributed by atoms with Crippen molar-refractivity contribution < 1.29 is 9.72 Å². The number of nitrogens with zero attached hydrogens (tertiary/aromatic N) is 1. The van der Waals surface area contributed by atoms with E-state index in [0.29, 0.717) is 0 Å². The lowest BCUT2D eigenvalue weighted by Gasteiger charge is -2.04. The highest BCUT2D eigenvalue weighted by Gasteiger charge is 2.14. The van der Waals surface area contributed by atoms with E-state index in [1.54, 1.807) is 0 Å². The predicted molar refractivity (Wildman–Crippen MR) is 62.4 cm³/mol. The molecule has 0 saturated heterocycles. The van der Waals surface area contributed by atoms with Crippen LogP contribution in [0, 0.1) is 10.1 Å². The molecule has 0 unspecified atom stereocenters. The molecular formula is C8H6ClN3O3S. The van der Waals surface area contributed by atoms with Crippen molar-refractivity contribution in [2.24, 2.45) is 5.73 Å². The molecule has 0 aliphatic carbocycles. The fourth-order valence-electron chi connectivity index (χ4n) is 0.981. The fraction of sp³-hybridized carbons (Fsp3) is 0. The molecule has 1 aromatic carbocycles. The number of carbonyl (C=O) groups excluding carboxylic acids is 1. The highest BCUT2D eigenvalue weighted by atomic mass is 35.5. The summed E-state index contributed by atoms with van der Waals surface area (Å²) in [5.41, 5.74) is 4.98. The van der Waals surface area contributed by atoms with Crippen LogP contribution in [0.25, 0.3) is 0 Å². The molecule has 0 atom stereocenters. The van der Waals surface area contributed by atoms with Crippen molar-refractivity contribution in [3.8, 4) is 0 Å². The molecule has 0 aliphatic rings. The summed E-state index contributed by atoms with van der Waals surface area (Å²) in [5.74, 6) is -0.604. The van der Waals surface area contributed by atoms with E-state index >= 15 is 0 Å². The monoisotopic (exact) mass is 259 g/mol. The van der Waals surface area contributed by atoms with Crippen molar-refractivity contribution in [1.29, 1.82) is 0 Å². The summed E-state index contributed by atoms with van der Waals surface area (Å²) < 4.78 is 0. The minimum absolute atomic E-state index is 0.0389. The molecule has 0 saturated carbocycles. The summed E-state index contributed by atoms with van der Waals surface area (Å²) in [6.07, 6.45) is 0. The molecule has 16 heavy (non-hydrogen) atoms. The lowest BCUT2D eigenvalue weighted by molar-refractivity contribution is -0.384. The number of benzene rings is 1. The van der Waals surface area contributed by atoms with Gasteiger partial charge in [-0.15, -0.1) is 0 Å². The Morgan fingerprint density at radius 2 is 2.19 bits per heavy atom. The molecule has 1 amide bonds. The van der Waals surface area contributed by atoms with Crippen LogP contribution in [-0.2, 0) is 0 Å². The molecule has 3 N–H and O–H groups in total. The van der Waals surface area contributed by atoms with Crippen molar-refractivity contribution in [3.63, 3.8) is 0 Å². The third kappa shape index (κ3) is 2.88. The van der Waals surface area contributed by atoms with Crippen LogP contribution in [0.1, 0.15) is 10.4 Å². The number of hydrogen-bond donors (Lipinski definition) is 2. The summed E-state index contributed by atoms with van der Waals surface area (Å²) >= 11 is 10.2. The molecule has 84 valence electrons. The third-order valence-electron chi connectivity index (χ3n) is 1.64. The zero-order chi connectivity index (χ0) is 12.3. The number of nitro benzene ring substituents is 1. The first kappa shape index (κ1) is 12.3. The van der Waals surface area contributed by atoms with E-state index in [4.69, 9.17) is 17.3 Å². The van der Waals surface area contributed by atoms with Gasteiger partial charge in [-0.05, 0) is 18.3 Å². The van der Waals surface area contributed by atoms with Crippen LogP contribution in [0.2, 0.25) is 5.02 Å². The topological polar surface area (TPSA) is 98.3 Å². The van der Waals surface area contributed by atoms with Crippen molar-refractivity contribution in [3.05, 3.63) is 38.9 Å². The van der Waals surface area contributed by atoms with Gasteiger partial charge in [-0.25, -0.2) is 0 Å². The largest absolute Gasteiger partial charge is 0.376 e. The highest BCUT2D eigenvalue weighted by Crippen LogP contribution is 2.22. The Morgan fingerprint density at radius 3 is 2.62 bits per heavy atom. The van der Waals surface area contributed by atoms with Crippen LogP contribution in [0.3, 0.4) is 0 Å². The van der Waals surface area contributed by atoms with Gasteiger partial charge in [0.1, 0.15) is 0 Å². The summed E-state index contributed by atoms with van der Waals surface area (Å²) in [4.78, 5) is 21.2. The molecule has 0 heterocycles. The molecule has 0 aromatic heterocycles. The van der Waals surface area contributed by atoms with E-state index in [0.717, 1.165) is 6.07 Å². The molecule has 0 radical (unpaired) electrons. The zero-order valence-corrected chi connectivity index (χ0v) is 9.34. The van der Waals surface area contributed by atoms with Crippen molar-refractivity contribution in [2.45, 2.75) is 0 Å². The average Bonchev–Trinajstić information content (AvgIpc) is 2.15. The number of non-ortho nitro benzene ring substituents is 1. The lowest BCUT2D eigenvalue weighted by Crippen LogP contribution is -2.34. The van der Waals surface area contributed by atoms with Gasteiger partial charge in [-0.3, -0.25) is 20.2 Å². The van der Waals surface area contributed by atoms with Crippen molar-refractivity contribution in [2.75, 3.05) is 0 Å². The third-order valence-corrected chi connectivity index (χ3v) is 2.06. The van der Waals surface area contributed by atoms with Gasteiger partial charge in [-0.2, -0.15) is 0 Å². The smallest absolute Gasteiger partial charge is 0.270 e. The summed E-state index contributed by atoms with van der Waals surface area (Å²) in [6, 6.07) is 3.48. The first-order chi connectivity index (χ1) is 7.41. The van der Waals surface area contributed by atoms with Gasteiger partial charge in [0.05, 0.1) is 15.5 Å². The van der Waals surface area contributed by atoms with Crippen LogP contribution in [0.5, 0.6) is 0 Å². The predicted octanol–water partition coefficient (Wildman–Crippen LogP) is 1.22. The van der Waals surface area contributed by atoms with E-state index in [1.807, 2.05) is 0 Å². The van der Waals surface area contributed by atoms with Gasteiger partial charge in [-0.1, -0.05) is 11.6 Å². The molecule has 0 fully saturated rings. The molecule has 8 heteroatoms. The molecule has 6 nitrogen and oxygen atoms in total. The van der Waals surface area contributed by atoms with E-state index in [2.05, 4.69) is 17.5 Å². The SMILES string of the molecule is NC(=S)NC(=O)c1ccc([N+](=O)[O-])cc1Cl. The minimum atomic E-state index is -0.610. The zero-order valence-electron chi connectivity index (χ0n) is 7.77. The summed E-state index contributed by atoms with van der Waals surface area (Å²) in [7, 11) is 0. The van der Waals surface area contributed by atoms with E-state index in [-0.39, 0.29) is 21.4 Å². The maximum atomic E-state index is 11.4. The Labute approximate surface area is 101 Å². The van der Waals surface area contributed by atoms with Gasteiger partial charge < -0.3 is 5.73 Å². The standard InChI is InChI=1S/C8H6ClN3O3S/c9-6-3-4(12(14)15)1-2-5(6)7(13)11-8(10)16/h1-3H,(H3,10,11,13,16). The fourth-order valence-corrected chi connectivity index (χ4v) is 1.33. The first-order valence-corrected chi connectivity index (χ1v) is 4.75. The number of nitrogens with one attached hydrogen (secondary N) is 1. The average molecular weight is 260 g/mol. The number of rotatable bonds is 2. The van der Waals surface area contributed by atoms with Crippen LogP contribution in [0.15, 0.2) is 18.2 Å². The van der Waals surface area contributed by atoms with Crippen LogP contribution < -0.4 is 11.1 Å². The van der Waals surface area contributed by atoms with E-state index < -0.39 is 10.8 Å². The number of halogens is 1. The summed E-state index contributed by atoms with van der Waals surface area (Å²) in [6.45, 7) is 0. The Kier molecular flexibility index (Phi) is 3.75. The molecule has 0 spiro atoms. The first-order valence-electron chi connectivity index (χ1n) is 3.96. The summed E-state index contributed by atoms with van der Waals surface area (Å²) in [5, 5.41) is 12.3. The Bertz CT molecular complexity index is 478. The Balaban J connectivity index is 3.03. The highest BCUT2D eigenvalue weighted by molar-refractivity contribution is 7.80. The molecule has 1 aromatic rings. The normalized spacial score (nSPS) is 9.56. The van der Waals surface area contributed by atoms with Crippen LogP contribution in [-0.4, -0.2) is 15.9 Å². The molecular weight excluding hydrogens is 254 g/mol. The minimum Gasteiger partial charge on any atom is -0.376 e. The number of thiocarbonyl (C=S) groups is 1. The maximum Gasteiger partial charge on any atom is 0.270 e. The number of hydrogen-bond acceptors (Lipinski definition) is 4. The number of carbonyl (C=O) groups is 1. The van der Waals surface area contributed by atoms with Gasteiger partial charge in [0.2, 0.25) is 0 Å². The van der Waals surface area contributed by atoms with Crippen molar-refractivity contribution >= 4 is 40.5 Å². The van der Waals surface area contributed by atoms with Crippen LogP contribution >= 0.6 is 23.8 Å². The Morgan fingerprint density at radius 1 is 1.56 bits per heavy atom. The number of amides is 1. The van der Waals surface area contributed by atoms with E-state index in [1.165, 1.54) is 12.1 Å². The lowest BCUT2D eigenvalue weighted by atomic mass is 10.2. The van der Waals surface area contributed by atoms with Gasteiger partial charge in [0, 0.05) is 12.1 Å². The second kappa shape index (κ2) is 4.86. The van der Waals surface area contributed by atoms with Gasteiger partial charge in [0.15, 0.2) is 5.11 Å². The van der Waals surface area contributed by atoms with Crippen molar-refractivity contribution in [1.82, 2.24) is 5.32 Å². The number of nitrogens with two attached hydrogens (primary N) is 1. The molecule has 0 bridgehead atoms. The van der Waals surface area contributed by atoms with E-state index in [9.17, 15) is 14.9 Å². The van der Waals surface area contributed by atoms with Gasteiger partial charge >= 0.3 is 0 Å². The molecule has 1 rings (SSSR count). The second-order valence-corrected chi connectivity index (χ2v) is 3.59. The number of nitro groups is 1. The van der Waals surface area contributed by atoms with Crippen LogP contribution in [0.4, 0.5) is 5.69 Å². The Hall–Kier alpha value is -1.73.